The van der Waals surface area contributed by atoms with Crippen LogP contribution in [0.5, 0.6) is 0 Å². The van der Waals surface area contributed by atoms with Gasteiger partial charge < -0.3 is 10.1 Å². The number of hydrogen-bond acceptors (Lipinski definition) is 5. The van der Waals surface area contributed by atoms with Gasteiger partial charge in [0, 0.05) is 32.1 Å². The molecule has 0 spiro atoms. The molecular weight excluding hydrogens is 318 g/mol. The van der Waals surface area contributed by atoms with Crippen molar-refractivity contribution in [3.05, 3.63) is 30.1 Å². The predicted octanol–water partition coefficient (Wildman–Crippen LogP) is 0.137. The molecular formula is C15H21N3O4S. The maximum Gasteiger partial charge on any atom is 0.224 e. The van der Waals surface area contributed by atoms with Gasteiger partial charge in [0.25, 0.3) is 0 Å². The smallest absolute Gasteiger partial charge is 0.224 e. The molecule has 0 radical (unpaired) electrons. The molecule has 2 saturated heterocycles. The van der Waals surface area contributed by atoms with E-state index in [1.54, 1.807) is 12.4 Å². The summed E-state index contributed by atoms with van der Waals surface area (Å²) >= 11 is 0. The standard InChI is InChI=1S/C15H21N3O4S/c1-23(20,21)18-10-12(7-14-13(18)4-6-22-14)15(19)17-9-11-3-2-5-16-8-11/h2-3,5,8,12-14H,4,6-7,9-10H2,1H3,(H,17,19)/t12-,13+,14+/m0/s1. The molecule has 3 heterocycles. The van der Waals surface area contributed by atoms with E-state index in [1.807, 2.05) is 12.1 Å². The van der Waals surface area contributed by atoms with Gasteiger partial charge in [-0.05, 0) is 24.5 Å². The number of rotatable bonds is 4. The maximum absolute atomic E-state index is 12.4. The van der Waals surface area contributed by atoms with E-state index in [0.717, 1.165) is 5.56 Å². The van der Waals surface area contributed by atoms with Crippen LogP contribution in [0, 0.1) is 5.92 Å². The van der Waals surface area contributed by atoms with Gasteiger partial charge in [-0.1, -0.05) is 6.07 Å². The quantitative estimate of drug-likeness (QED) is 0.843. The van der Waals surface area contributed by atoms with Gasteiger partial charge in [0.15, 0.2) is 0 Å². The van der Waals surface area contributed by atoms with Crippen molar-refractivity contribution < 1.29 is 17.9 Å². The lowest BCUT2D eigenvalue weighted by Crippen LogP contribution is -2.54. The van der Waals surface area contributed by atoms with Crippen molar-refractivity contribution in [1.29, 1.82) is 0 Å². The number of nitrogens with one attached hydrogen (secondary N) is 1. The van der Waals surface area contributed by atoms with Gasteiger partial charge in [-0.15, -0.1) is 0 Å². The van der Waals surface area contributed by atoms with E-state index in [9.17, 15) is 13.2 Å². The molecule has 126 valence electrons. The van der Waals surface area contributed by atoms with Crippen LogP contribution in [0.3, 0.4) is 0 Å². The molecule has 2 fully saturated rings. The summed E-state index contributed by atoms with van der Waals surface area (Å²) in [5, 5.41) is 2.86. The number of carbonyl (C=O) groups excluding carboxylic acids is 1. The van der Waals surface area contributed by atoms with E-state index < -0.39 is 10.0 Å². The van der Waals surface area contributed by atoms with Crippen molar-refractivity contribution in [3.63, 3.8) is 0 Å². The van der Waals surface area contributed by atoms with Crippen molar-refractivity contribution in [2.24, 2.45) is 5.92 Å². The molecule has 0 aromatic carbocycles. The molecule has 0 unspecified atom stereocenters. The number of amides is 1. The molecule has 23 heavy (non-hydrogen) atoms. The summed E-state index contributed by atoms with van der Waals surface area (Å²) in [5.74, 6) is -0.530. The fourth-order valence-corrected chi connectivity index (χ4v) is 4.49. The van der Waals surface area contributed by atoms with Crippen molar-refractivity contribution in [3.8, 4) is 0 Å². The predicted molar refractivity (Wildman–Crippen MR) is 83.9 cm³/mol. The van der Waals surface area contributed by atoms with Crippen LogP contribution in [-0.2, 0) is 26.1 Å². The first kappa shape index (κ1) is 16.4. The number of hydrogen-bond donors (Lipinski definition) is 1. The monoisotopic (exact) mass is 339 g/mol. The highest BCUT2D eigenvalue weighted by Gasteiger charge is 2.45. The SMILES string of the molecule is CS(=O)(=O)N1C[C@@H](C(=O)NCc2cccnc2)C[C@H]2OCC[C@H]21. The molecule has 1 aromatic heterocycles. The first-order chi connectivity index (χ1) is 10.9. The van der Waals surface area contributed by atoms with Gasteiger partial charge in [-0.2, -0.15) is 4.31 Å². The van der Waals surface area contributed by atoms with Gasteiger partial charge in [0.1, 0.15) is 0 Å². The van der Waals surface area contributed by atoms with Gasteiger partial charge in [0.2, 0.25) is 15.9 Å². The minimum Gasteiger partial charge on any atom is -0.376 e. The molecule has 3 atom stereocenters. The van der Waals surface area contributed by atoms with Crippen molar-refractivity contribution in [1.82, 2.24) is 14.6 Å². The Kier molecular flexibility index (Phi) is 4.65. The zero-order valence-electron chi connectivity index (χ0n) is 13.0. The normalized spacial score (nSPS) is 28.3. The van der Waals surface area contributed by atoms with Gasteiger partial charge in [-0.3, -0.25) is 9.78 Å². The summed E-state index contributed by atoms with van der Waals surface area (Å²) in [7, 11) is -3.35. The lowest BCUT2D eigenvalue weighted by molar-refractivity contribution is -0.128. The van der Waals surface area contributed by atoms with E-state index in [0.29, 0.717) is 26.0 Å². The van der Waals surface area contributed by atoms with Crippen LogP contribution in [-0.4, -0.2) is 55.2 Å². The lowest BCUT2D eigenvalue weighted by atomic mass is 9.91. The Hall–Kier alpha value is -1.51. The first-order valence-electron chi connectivity index (χ1n) is 7.70. The molecule has 1 N–H and O–H groups in total. The molecule has 0 saturated carbocycles. The second kappa shape index (κ2) is 6.54. The highest BCUT2D eigenvalue weighted by molar-refractivity contribution is 7.88. The highest BCUT2D eigenvalue weighted by atomic mass is 32.2. The van der Waals surface area contributed by atoms with Crippen molar-refractivity contribution in [2.75, 3.05) is 19.4 Å². The molecule has 1 aromatic rings. The number of sulfonamides is 1. The molecule has 3 rings (SSSR count). The molecule has 7 nitrogen and oxygen atoms in total. The molecule has 0 aliphatic carbocycles. The average Bonchev–Trinajstić information content (AvgIpc) is 3.00. The van der Waals surface area contributed by atoms with Crippen LogP contribution in [0.2, 0.25) is 0 Å². The van der Waals surface area contributed by atoms with Crippen LogP contribution in [0.4, 0.5) is 0 Å². The van der Waals surface area contributed by atoms with Crippen LogP contribution in [0.25, 0.3) is 0 Å². The Morgan fingerprint density at radius 2 is 2.35 bits per heavy atom. The summed E-state index contributed by atoms with van der Waals surface area (Å²) in [6, 6.07) is 3.56. The molecule has 0 bridgehead atoms. The van der Waals surface area contributed by atoms with Crippen LogP contribution in [0.1, 0.15) is 18.4 Å². The summed E-state index contributed by atoms with van der Waals surface area (Å²) in [6.45, 7) is 1.16. The fourth-order valence-electron chi connectivity index (χ4n) is 3.31. The van der Waals surface area contributed by atoms with E-state index in [1.165, 1.54) is 10.6 Å². The van der Waals surface area contributed by atoms with Crippen LogP contribution < -0.4 is 5.32 Å². The lowest BCUT2D eigenvalue weighted by Gasteiger charge is -2.38. The van der Waals surface area contributed by atoms with Gasteiger partial charge in [-0.25, -0.2) is 8.42 Å². The zero-order chi connectivity index (χ0) is 16.4. The third-order valence-electron chi connectivity index (χ3n) is 4.45. The Bertz CT molecular complexity index is 665. The fraction of sp³-hybridized carbons (Fsp3) is 0.600. The van der Waals surface area contributed by atoms with Crippen LogP contribution in [0.15, 0.2) is 24.5 Å². The third kappa shape index (κ3) is 3.70. The number of carbonyl (C=O) groups is 1. The average molecular weight is 339 g/mol. The van der Waals surface area contributed by atoms with Crippen molar-refractivity contribution in [2.45, 2.75) is 31.5 Å². The maximum atomic E-state index is 12.4. The number of aromatic nitrogens is 1. The molecule has 8 heteroatoms. The van der Waals surface area contributed by atoms with E-state index in [-0.39, 0.29) is 30.5 Å². The number of ether oxygens (including phenoxy) is 1. The molecule has 2 aliphatic heterocycles. The van der Waals surface area contributed by atoms with Crippen molar-refractivity contribution >= 4 is 15.9 Å². The molecule has 2 aliphatic rings. The molecule has 1 amide bonds. The number of nitrogens with zero attached hydrogens (tertiary/aromatic N) is 2. The Morgan fingerprint density at radius 3 is 3.04 bits per heavy atom. The topological polar surface area (TPSA) is 88.6 Å². The summed E-state index contributed by atoms with van der Waals surface area (Å²) < 4.78 is 31.1. The largest absolute Gasteiger partial charge is 0.376 e. The van der Waals surface area contributed by atoms with Gasteiger partial charge >= 0.3 is 0 Å². The number of piperidine rings is 1. The van der Waals surface area contributed by atoms with Gasteiger partial charge in [0.05, 0.1) is 24.3 Å². The van der Waals surface area contributed by atoms with E-state index >= 15 is 0 Å². The highest BCUT2D eigenvalue weighted by Crippen LogP contribution is 2.32. The second-order valence-electron chi connectivity index (χ2n) is 6.11. The zero-order valence-corrected chi connectivity index (χ0v) is 13.8. The van der Waals surface area contributed by atoms with E-state index in [2.05, 4.69) is 10.3 Å². The minimum absolute atomic E-state index is 0.132. The third-order valence-corrected chi connectivity index (χ3v) is 5.72. The number of pyridine rings is 1. The van der Waals surface area contributed by atoms with E-state index in [4.69, 9.17) is 4.74 Å². The Labute approximate surface area is 136 Å². The second-order valence-corrected chi connectivity index (χ2v) is 8.04. The summed E-state index contributed by atoms with van der Waals surface area (Å²) in [6.07, 6.45) is 5.64. The number of fused-ring (bicyclic) bond motifs is 1. The Balaban J connectivity index is 1.66. The minimum atomic E-state index is -3.35. The Morgan fingerprint density at radius 1 is 1.52 bits per heavy atom. The summed E-state index contributed by atoms with van der Waals surface area (Å²) in [4.78, 5) is 16.4. The van der Waals surface area contributed by atoms with Crippen LogP contribution >= 0.6 is 0 Å². The summed E-state index contributed by atoms with van der Waals surface area (Å²) in [5.41, 5.74) is 0.909. The first-order valence-corrected chi connectivity index (χ1v) is 9.55.